The second-order valence-corrected chi connectivity index (χ2v) is 5.07. The molecule has 7 heteroatoms. The van der Waals surface area contributed by atoms with E-state index in [9.17, 15) is 4.79 Å². The summed E-state index contributed by atoms with van der Waals surface area (Å²) in [6, 6.07) is 0.423. The summed E-state index contributed by atoms with van der Waals surface area (Å²) in [6.07, 6.45) is 2.95. The Hall–Kier alpha value is -1.11. The Morgan fingerprint density at radius 3 is 2.94 bits per heavy atom. The van der Waals surface area contributed by atoms with E-state index in [2.05, 4.69) is 15.5 Å². The van der Waals surface area contributed by atoms with Crippen LogP contribution in [-0.4, -0.2) is 38.0 Å². The Kier molecular flexibility index (Phi) is 3.98. The van der Waals surface area contributed by atoms with Crippen molar-refractivity contribution in [1.29, 1.82) is 0 Å². The molecule has 0 bridgehead atoms. The van der Waals surface area contributed by atoms with Crippen molar-refractivity contribution in [2.45, 2.75) is 49.6 Å². The van der Waals surface area contributed by atoms with Crippen molar-refractivity contribution < 1.29 is 9.53 Å². The summed E-state index contributed by atoms with van der Waals surface area (Å²) in [6.45, 7) is 4.17. The maximum atomic E-state index is 11.7. The van der Waals surface area contributed by atoms with Crippen LogP contribution in [0.5, 0.6) is 0 Å². The quantitative estimate of drug-likeness (QED) is 0.566. The van der Waals surface area contributed by atoms with Gasteiger partial charge in [0.1, 0.15) is 5.25 Å². The highest BCUT2D eigenvalue weighted by Gasteiger charge is 2.30. The second-order valence-electron chi connectivity index (χ2n) is 3.90. The van der Waals surface area contributed by atoms with E-state index in [1.54, 1.807) is 0 Å². The van der Waals surface area contributed by atoms with Crippen LogP contribution in [0.2, 0.25) is 0 Å². The van der Waals surface area contributed by atoms with Gasteiger partial charge in [-0.05, 0) is 36.6 Å². The van der Waals surface area contributed by atoms with Crippen molar-refractivity contribution in [3.63, 3.8) is 0 Å². The molecule has 1 heterocycles. The van der Waals surface area contributed by atoms with Crippen LogP contribution in [0.1, 0.15) is 39.2 Å². The summed E-state index contributed by atoms with van der Waals surface area (Å²) in [5.74, 6) is -0.189. The van der Waals surface area contributed by atoms with Gasteiger partial charge in [0.15, 0.2) is 0 Å². The van der Waals surface area contributed by atoms with E-state index in [1.165, 1.54) is 11.8 Å². The first-order valence-corrected chi connectivity index (χ1v) is 6.75. The molecule has 0 saturated heterocycles. The van der Waals surface area contributed by atoms with E-state index in [0.29, 0.717) is 24.2 Å². The highest BCUT2D eigenvalue weighted by atomic mass is 32.2. The smallest absolute Gasteiger partial charge is 0.319 e. The molecule has 0 radical (unpaired) electrons. The molecule has 0 N–H and O–H groups in total. The third kappa shape index (κ3) is 2.96. The average Bonchev–Trinajstić information content (AvgIpc) is 3.06. The van der Waals surface area contributed by atoms with Gasteiger partial charge in [0.25, 0.3) is 0 Å². The maximum Gasteiger partial charge on any atom is 0.319 e. The molecule has 17 heavy (non-hydrogen) atoms. The number of tetrazole rings is 1. The standard InChI is InChI=1S/C10H16N4O2S/c1-3-8(9(15)16-4-2)17-10-11-12-13-14(10)7-5-6-7/h7-8H,3-6H2,1-2H3. The number of esters is 1. The molecule has 0 aliphatic heterocycles. The molecule has 1 atom stereocenters. The number of aromatic nitrogens is 4. The zero-order valence-corrected chi connectivity index (χ0v) is 10.8. The van der Waals surface area contributed by atoms with Gasteiger partial charge in [0.2, 0.25) is 5.16 Å². The zero-order chi connectivity index (χ0) is 12.3. The van der Waals surface area contributed by atoms with Crippen molar-refractivity contribution in [1.82, 2.24) is 20.2 Å². The topological polar surface area (TPSA) is 69.9 Å². The first kappa shape index (κ1) is 12.3. The van der Waals surface area contributed by atoms with Crippen molar-refractivity contribution in [3.8, 4) is 0 Å². The van der Waals surface area contributed by atoms with Gasteiger partial charge in [0.05, 0.1) is 12.6 Å². The van der Waals surface area contributed by atoms with Crippen molar-refractivity contribution in [2.24, 2.45) is 0 Å². The molecule has 1 aliphatic carbocycles. The third-order valence-electron chi connectivity index (χ3n) is 2.52. The van der Waals surface area contributed by atoms with Gasteiger partial charge in [0, 0.05) is 0 Å². The molecule has 1 unspecified atom stereocenters. The predicted molar refractivity (Wildman–Crippen MR) is 62.7 cm³/mol. The van der Waals surface area contributed by atoms with Crippen LogP contribution in [0.25, 0.3) is 0 Å². The molecule has 1 saturated carbocycles. The molecule has 0 aromatic carbocycles. The van der Waals surface area contributed by atoms with E-state index >= 15 is 0 Å². The molecule has 0 amide bonds. The Balaban J connectivity index is 2.01. The molecule has 6 nitrogen and oxygen atoms in total. The van der Waals surface area contributed by atoms with Crippen LogP contribution in [0, 0.1) is 0 Å². The maximum absolute atomic E-state index is 11.7. The van der Waals surface area contributed by atoms with E-state index in [0.717, 1.165) is 12.8 Å². The Morgan fingerprint density at radius 1 is 1.59 bits per heavy atom. The average molecular weight is 256 g/mol. The van der Waals surface area contributed by atoms with E-state index in [4.69, 9.17) is 4.74 Å². The second kappa shape index (κ2) is 5.48. The lowest BCUT2D eigenvalue weighted by molar-refractivity contribution is -0.142. The van der Waals surface area contributed by atoms with Crippen LogP contribution in [0.15, 0.2) is 5.16 Å². The lowest BCUT2D eigenvalue weighted by Gasteiger charge is -2.12. The van der Waals surface area contributed by atoms with Crippen LogP contribution in [0.4, 0.5) is 0 Å². The van der Waals surface area contributed by atoms with Gasteiger partial charge in [-0.3, -0.25) is 4.79 Å². The summed E-state index contributed by atoms with van der Waals surface area (Å²) < 4.78 is 6.83. The number of carbonyl (C=O) groups excluding carboxylic acids is 1. The SMILES string of the molecule is CCOC(=O)C(CC)Sc1nnnn1C1CC1. The fourth-order valence-corrected chi connectivity index (χ4v) is 2.43. The van der Waals surface area contributed by atoms with Gasteiger partial charge in [-0.25, -0.2) is 4.68 Å². The molecule has 2 rings (SSSR count). The Labute approximate surface area is 104 Å². The first-order valence-electron chi connectivity index (χ1n) is 5.87. The predicted octanol–water partition coefficient (Wildman–Crippen LogP) is 1.44. The fraction of sp³-hybridized carbons (Fsp3) is 0.800. The number of carbonyl (C=O) groups is 1. The summed E-state index contributed by atoms with van der Waals surface area (Å²) in [7, 11) is 0. The van der Waals surface area contributed by atoms with Crippen LogP contribution >= 0.6 is 11.8 Å². The Morgan fingerprint density at radius 2 is 2.35 bits per heavy atom. The molecular weight excluding hydrogens is 240 g/mol. The van der Waals surface area contributed by atoms with E-state index < -0.39 is 0 Å². The lowest BCUT2D eigenvalue weighted by Crippen LogP contribution is -2.20. The number of ether oxygens (including phenoxy) is 1. The van der Waals surface area contributed by atoms with Crippen molar-refractivity contribution >= 4 is 17.7 Å². The first-order chi connectivity index (χ1) is 8.26. The van der Waals surface area contributed by atoms with Crippen molar-refractivity contribution in [3.05, 3.63) is 0 Å². The highest BCUT2D eigenvalue weighted by molar-refractivity contribution is 8.00. The molecule has 1 aromatic heterocycles. The highest BCUT2D eigenvalue weighted by Crippen LogP contribution is 2.37. The van der Waals surface area contributed by atoms with E-state index in [-0.39, 0.29) is 11.2 Å². The molecule has 1 aliphatic rings. The molecular formula is C10H16N4O2S. The number of hydrogen-bond donors (Lipinski definition) is 0. The minimum absolute atomic E-state index is 0.189. The molecule has 1 fully saturated rings. The van der Waals surface area contributed by atoms with Gasteiger partial charge in [-0.1, -0.05) is 18.7 Å². The van der Waals surface area contributed by atoms with Crippen molar-refractivity contribution in [2.75, 3.05) is 6.61 Å². The third-order valence-corrected chi connectivity index (χ3v) is 3.81. The number of nitrogens with zero attached hydrogens (tertiary/aromatic N) is 4. The summed E-state index contributed by atoms with van der Waals surface area (Å²) >= 11 is 1.39. The normalized spacial score (nSPS) is 16.8. The van der Waals surface area contributed by atoms with Gasteiger partial charge >= 0.3 is 5.97 Å². The molecule has 94 valence electrons. The number of thioether (sulfide) groups is 1. The Bertz CT molecular complexity index is 391. The largest absolute Gasteiger partial charge is 0.465 e. The summed E-state index contributed by atoms with van der Waals surface area (Å²) in [4.78, 5) is 11.7. The molecule has 0 spiro atoms. The minimum atomic E-state index is -0.224. The fourth-order valence-electron chi connectivity index (χ4n) is 1.47. The van der Waals surface area contributed by atoms with Gasteiger partial charge < -0.3 is 4.74 Å². The van der Waals surface area contributed by atoms with Crippen LogP contribution in [0.3, 0.4) is 0 Å². The lowest BCUT2D eigenvalue weighted by atomic mass is 10.3. The van der Waals surface area contributed by atoms with Gasteiger partial charge in [-0.2, -0.15) is 0 Å². The van der Waals surface area contributed by atoms with Crippen LogP contribution in [-0.2, 0) is 9.53 Å². The monoisotopic (exact) mass is 256 g/mol. The number of rotatable bonds is 6. The van der Waals surface area contributed by atoms with Crippen LogP contribution < -0.4 is 0 Å². The number of hydrogen-bond acceptors (Lipinski definition) is 6. The summed E-state index contributed by atoms with van der Waals surface area (Å²) in [5, 5.41) is 12.1. The minimum Gasteiger partial charge on any atom is -0.465 e. The van der Waals surface area contributed by atoms with E-state index in [1.807, 2.05) is 18.5 Å². The van der Waals surface area contributed by atoms with Gasteiger partial charge in [-0.15, -0.1) is 5.10 Å². The molecule has 1 aromatic rings. The summed E-state index contributed by atoms with van der Waals surface area (Å²) in [5.41, 5.74) is 0. The zero-order valence-electron chi connectivity index (χ0n) is 10.00.